The Labute approximate surface area is 217 Å². The highest BCUT2D eigenvalue weighted by Gasteiger charge is 2.28. The van der Waals surface area contributed by atoms with E-state index in [1.165, 1.54) is 4.90 Å². The first-order valence-corrected chi connectivity index (χ1v) is 11.5. The van der Waals surface area contributed by atoms with Crippen molar-refractivity contribution in [1.82, 2.24) is 24.8 Å². The molecule has 1 aromatic carbocycles. The van der Waals surface area contributed by atoms with E-state index in [0.29, 0.717) is 23.8 Å². The van der Waals surface area contributed by atoms with E-state index in [-0.39, 0.29) is 39.5 Å². The molecule has 37 heavy (non-hydrogen) atoms. The molecule has 3 aromatic rings. The van der Waals surface area contributed by atoms with Gasteiger partial charge in [-0.15, -0.1) is 10.2 Å². The standard InChI is InChI=1S/C25H31N7O4.CH4/c1-25(2,27)23(33)28-20(17-35-15-18-9-5-4-6-10-18)22-30-29-21-12-7-11-19(32(21)22)16-36-24(34)31(3)14-8-13-26;/h4-7,9-12,20H,8,14-17,27H2,1-3H3,(H,28,33);1H4/t20-;/m1./s1. The van der Waals surface area contributed by atoms with Gasteiger partial charge in [-0.3, -0.25) is 9.20 Å². The minimum Gasteiger partial charge on any atom is -0.443 e. The van der Waals surface area contributed by atoms with Crippen LogP contribution in [0.1, 0.15) is 50.8 Å². The molecular weight excluding hydrogens is 474 g/mol. The van der Waals surface area contributed by atoms with Crippen molar-refractivity contribution in [2.75, 3.05) is 20.2 Å². The van der Waals surface area contributed by atoms with Crippen molar-refractivity contribution >= 4 is 17.6 Å². The third-order valence-corrected chi connectivity index (χ3v) is 5.35. The Morgan fingerprint density at radius 2 is 1.89 bits per heavy atom. The summed E-state index contributed by atoms with van der Waals surface area (Å²) in [5.74, 6) is 0.0377. The van der Waals surface area contributed by atoms with E-state index in [9.17, 15) is 9.59 Å². The van der Waals surface area contributed by atoms with Crippen LogP contribution in [-0.2, 0) is 27.5 Å². The Morgan fingerprint density at radius 3 is 2.57 bits per heavy atom. The number of ether oxygens (including phenoxy) is 2. The second kappa shape index (κ2) is 13.3. The highest BCUT2D eigenvalue weighted by Crippen LogP contribution is 2.19. The van der Waals surface area contributed by atoms with Crippen LogP contribution in [-0.4, -0.2) is 57.2 Å². The third kappa shape index (κ3) is 7.99. The van der Waals surface area contributed by atoms with E-state index in [0.717, 1.165) is 5.56 Å². The fourth-order valence-corrected chi connectivity index (χ4v) is 3.32. The molecule has 0 radical (unpaired) electrons. The Kier molecular flexibility index (Phi) is 10.5. The van der Waals surface area contributed by atoms with Crippen LogP contribution in [0.4, 0.5) is 4.79 Å². The Morgan fingerprint density at radius 1 is 1.16 bits per heavy atom. The number of pyridine rings is 1. The zero-order chi connectivity index (χ0) is 26.1. The maximum atomic E-state index is 12.8. The molecule has 0 aliphatic heterocycles. The summed E-state index contributed by atoms with van der Waals surface area (Å²) in [6, 6.07) is 16.3. The van der Waals surface area contributed by atoms with Gasteiger partial charge >= 0.3 is 6.09 Å². The van der Waals surface area contributed by atoms with Crippen LogP contribution in [0.25, 0.3) is 5.65 Å². The lowest BCUT2D eigenvalue weighted by Crippen LogP contribution is -2.51. The smallest absolute Gasteiger partial charge is 0.409 e. The number of nitrogens with zero attached hydrogens (tertiary/aromatic N) is 5. The molecule has 0 saturated heterocycles. The van der Waals surface area contributed by atoms with Crippen molar-refractivity contribution in [3.63, 3.8) is 0 Å². The molecule has 198 valence electrons. The van der Waals surface area contributed by atoms with E-state index >= 15 is 0 Å². The molecule has 0 aliphatic carbocycles. The van der Waals surface area contributed by atoms with Gasteiger partial charge in [0.15, 0.2) is 11.5 Å². The zero-order valence-electron chi connectivity index (χ0n) is 20.7. The highest BCUT2D eigenvalue weighted by atomic mass is 16.6. The molecule has 0 bridgehead atoms. The summed E-state index contributed by atoms with van der Waals surface area (Å²) in [7, 11) is 1.56. The monoisotopic (exact) mass is 509 g/mol. The second-order valence-corrected chi connectivity index (χ2v) is 8.90. The molecule has 2 amide bonds. The van der Waals surface area contributed by atoms with E-state index in [2.05, 4.69) is 15.5 Å². The first-order chi connectivity index (χ1) is 17.2. The van der Waals surface area contributed by atoms with Gasteiger partial charge in [0.25, 0.3) is 0 Å². The van der Waals surface area contributed by atoms with Crippen molar-refractivity contribution in [2.45, 2.75) is 52.5 Å². The zero-order valence-corrected chi connectivity index (χ0v) is 20.7. The number of fused-ring (bicyclic) bond motifs is 1. The summed E-state index contributed by atoms with van der Waals surface area (Å²) >= 11 is 0. The molecule has 1 atom stereocenters. The van der Waals surface area contributed by atoms with Crippen LogP contribution in [0.2, 0.25) is 0 Å². The SMILES string of the molecule is C.CN(CCC#N)C(=O)OCc1cccc2nnc([C@@H](COCc3ccccc3)NC(=O)C(C)(C)N)n12. The molecule has 0 saturated carbocycles. The summed E-state index contributed by atoms with van der Waals surface area (Å²) in [5, 5.41) is 20.2. The lowest BCUT2D eigenvalue weighted by atomic mass is 10.1. The number of hydrogen-bond acceptors (Lipinski definition) is 8. The van der Waals surface area contributed by atoms with Gasteiger partial charge in [0.05, 0.1) is 36.9 Å². The first-order valence-electron chi connectivity index (χ1n) is 11.5. The quantitative estimate of drug-likeness (QED) is 0.401. The Hall–Kier alpha value is -4.01. The van der Waals surface area contributed by atoms with Gasteiger partial charge in [-0.05, 0) is 31.5 Å². The van der Waals surface area contributed by atoms with Crippen molar-refractivity contribution in [2.24, 2.45) is 5.73 Å². The van der Waals surface area contributed by atoms with Gasteiger partial charge in [0.1, 0.15) is 12.6 Å². The molecule has 11 heteroatoms. The van der Waals surface area contributed by atoms with Crippen LogP contribution in [0.15, 0.2) is 48.5 Å². The summed E-state index contributed by atoms with van der Waals surface area (Å²) in [4.78, 5) is 26.4. The van der Waals surface area contributed by atoms with Crippen LogP contribution in [0.5, 0.6) is 0 Å². The van der Waals surface area contributed by atoms with Crippen molar-refractivity contribution < 1.29 is 19.1 Å². The number of aromatic nitrogens is 3. The van der Waals surface area contributed by atoms with Crippen molar-refractivity contribution in [3.05, 3.63) is 65.6 Å². The molecule has 3 rings (SSSR count). The average molecular weight is 510 g/mol. The molecule has 0 unspecified atom stereocenters. The minimum atomic E-state index is -1.12. The van der Waals surface area contributed by atoms with Gasteiger partial charge in [-0.25, -0.2) is 4.79 Å². The number of benzene rings is 1. The number of carbonyl (C=O) groups is 2. The van der Waals surface area contributed by atoms with Crippen LogP contribution in [0, 0.1) is 11.3 Å². The fraction of sp³-hybridized carbons (Fsp3) is 0.423. The van der Waals surface area contributed by atoms with Crippen LogP contribution >= 0.6 is 0 Å². The fourth-order valence-electron chi connectivity index (χ4n) is 3.32. The van der Waals surface area contributed by atoms with Gasteiger partial charge < -0.3 is 25.4 Å². The van der Waals surface area contributed by atoms with E-state index in [4.69, 9.17) is 20.5 Å². The Bertz CT molecular complexity index is 1220. The molecule has 0 spiro atoms. The second-order valence-electron chi connectivity index (χ2n) is 8.90. The highest BCUT2D eigenvalue weighted by molar-refractivity contribution is 5.85. The number of hydrogen-bond donors (Lipinski definition) is 2. The maximum Gasteiger partial charge on any atom is 0.409 e. The molecule has 0 fully saturated rings. The van der Waals surface area contributed by atoms with E-state index in [1.54, 1.807) is 43.5 Å². The van der Waals surface area contributed by atoms with Gasteiger partial charge in [-0.1, -0.05) is 43.8 Å². The molecule has 11 nitrogen and oxygen atoms in total. The van der Waals surface area contributed by atoms with Gasteiger partial charge in [0.2, 0.25) is 5.91 Å². The summed E-state index contributed by atoms with van der Waals surface area (Å²) in [5.41, 5.74) is 7.00. The number of carbonyl (C=O) groups excluding carboxylic acids is 2. The van der Waals surface area contributed by atoms with Gasteiger partial charge in [0, 0.05) is 13.6 Å². The molecule has 2 aromatic heterocycles. The van der Waals surface area contributed by atoms with Crippen molar-refractivity contribution in [1.29, 1.82) is 5.26 Å². The predicted molar refractivity (Wildman–Crippen MR) is 138 cm³/mol. The largest absolute Gasteiger partial charge is 0.443 e. The molecule has 3 N–H and O–H groups in total. The van der Waals surface area contributed by atoms with Crippen LogP contribution < -0.4 is 11.1 Å². The topological polar surface area (TPSA) is 148 Å². The van der Waals surface area contributed by atoms with E-state index < -0.39 is 17.7 Å². The number of nitriles is 1. The number of nitrogens with two attached hydrogens (primary N) is 1. The predicted octanol–water partition coefficient (Wildman–Crippen LogP) is 2.96. The molecule has 0 aliphatic rings. The normalized spacial score (nSPS) is 11.8. The molecule has 2 heterocycles. The lowest BCUT2D eigenvalue weighted by molar-refractivity contribution is -0.126. The number of nitrogens with one attached hydrogen (secondary N) is 1. The molecular formula is C26H35N7O4. The van der Waals surface area contributed by atoms with Crippen molar-refractivity contribution in [3.8, 4) is 6.07 Å². The lowest BCUT2D eigenvalue weighted by Gasteiger charge is -2.24. The van der Waals surface area contributed by atoms with Crippen LogP contribution in [0.3, 0.4) is 0 Å². The third-order valence-electron chi connectivity index (χ3n) is 5.35. The minimum absolute atomic E-state index is 0. The number of rotatable bonds is 11. The van der Waals surface area contributed by atoms with Gasteiger partial charge in [-0.2, -0.15) is 5.26 Å². The maximum absolute atomic E-state index is 12.8. The summed E-state index contributed by atoms with van der Waals surface area (Å²) in [6.45, 7) is 3.88. The average Bonchev–Trinajstić information content (AvgIpc) is 3.30. The summed E-state index contributed by atoms with van der Waals surface area (Å²) in [6.07, 6.45) is -0.351. The summed E-state index contributed by atoms with van der Waals surface area (Å²) < 4.78 is 13.1. The Balaban J connectivity index is 0.00000481. The number of amides is 2. The van der Waals surface area contributed by atoms with E-state index in [1.807, 2.05) is 36.4 Å². The first kappa shape index (κ1) is 29.2.